The van der Waals surface area contributed by atoms with Gasteiger partial charge in [-0.05, 0) is 48.7 Å². The fraction of sp³-hybridized carbons (Fsp3) is 0.261. The van der Waals surface area contributed by atoms with E-state index in [0.717, 1.165) is 0 Å². The molecular formula is C23H22ClF3N4O2. The maximum Gasteiger partial charge on any atom is 0.405 e. The molecule has 0 atom stereocenters. The topological polar surface area (TPSA) is 76.0 Å². The zero-order valence-corrected chi connectivity index (χ0v) is 18.9. The van der Waals surface area contributed by atoms with Crippen molar-refractivity contribution in [3.05, 3.63) is 76.1 Å². The number of halogens is 4. The Morgan fingerprint density at radius 3 is 2.48 bits per heavy atom. The van der Waals surface area contributed by atoms with Crippen molar-refractivity contribution in [3.63, 3.8) is 0 Å². The van der Waals surface area contributed by atoms with Gasteiger partial charge in [-0.15, -0.1) is 0 Å². The highest BCUT2D eigenvalue weighted by Gasteiger charge is 2.28. The summed E-state index contributed by atoms with van der Waals surface area (Å²) in [6.45, 7) is 4.12. The summed E-state index contributed by atoms with van der Waals surface area (Å²) in [5.41, 5.74) is 2.64. The molecular weight excluding hydrogens is 457 g/mol. The standard InChI is InChI=1S/C23H22ClF3N4O2/c1-13(2)20-18(11-29-31(20)17-6-4-5-16(24)10-17)22(33)30-19-9-15(8-7-14(19)3)21(32)28-12-23(25,26)27/h4-11,13H,12H2,1-3H3,(H,28,32)(H,30,33). The second-order valence-corrected chi connectivity index (χ2v) is 8.21. The number of nitrogens with one attached hydrogen (secondary N) is 2. The molecule has 0 saturated heterocycles. The highest BCUT2D eigenvalue weighted by atomic mass is 35.5. The molecule has 2 aromatic carbocycles. The van der Waals surface area contributed by atoms with Crippen molar-refractivity contribution in [1.82, 2.24) is 15.1 Å². The maximum absolute atomic E-state index is 13.1. The van der Waals surface area contributed by atoms with E-state index in [-0.39, 0.29) is 11.5 Å². The van der Waals surface area contributed by atoms with Crippen LogP contribution in [0.5, 0.6) is 0 Å². The fourth-order valence-corrected chi connectivity index (χ4v) is 3.46. The van der Waals surface area contributed by atoms with E-state index in [0.29, 0.717) is 33.2 Å². The van der Waals surface area contributed by atoms with E-state index in [9.17, 15) is 22.8 Å². The quantitative estimate of drug-likeness (QED) is 0.491. The number of benzene rings is 2. The van der Waals surface area contributed by atoms with E-state index < -0.39 is 24.5 Å². The van der Waals surface area contributed by atoms with Gasteiger partial charge in [0.15, 0.2) is 0 Å². The van der Waals surface area contributed by atoms with Crippen LogP contribution in [0.3, 0.4) is 0 Å². The molecule has 3 rings (SSSR count). The van der Waals surface area contributed by atoms with Gasteiger partial charge in [-0.2, -0.15) is 18.3 Å². The Morgan fingerprint density at radius 2 is 1.85 bits per heavy atom. The summed E-state index contributed by atoms with van der Waals surface area (Å²) in [7, 11) is 0. The molecule has 2 amide bonds. The number of carbonyl (C=O) groups excluding carboxylic acids is 2. The largest absolute Gasteiger partial charge is 0.405 e. The van der Waals surface area contributed by atoms with Crippen LogP contribution in [0, 0.1) is 6.92 Å². The van der Waals surface area contributed by atoms with Gasteiger partial charge in [0.1, 0.15) is 6.54 Å². The first-order valence-corrected chi connectivity index (χ1v) is 10.4. The molecule has 0 fully saturated rings. The lowest BCUT2D eigenvalue weighted by molar-refractivity contribution is -0.123. The average molecular weight is 479 g/mol. The van der Waals surface area contributed by atoms with Gasteiger partial charge < -0.3 is 10.6 Å². The minimum atomic E-state index is -4.52. The summed E-state index contributed by atoms with van der Waals surface area (Å²) in [6, 6.07) is 11.4. The molecule has 0 aliphatic rings. The van der Waals surface area contributed by atoms with Gasteiger partial charge in [-0.25, -0.2) is 4.68 Å². The number of carbonyl (C=O) groups is 2. The molecule has 0 bridgehead atoms. The molecule has 1 heterocycles. The maximum atomic E-state index is 13.1. The molecule has 33 heavy (non-hydrogen) atoms. The third-order valence-corrected chi connectivity index (χ3v) is 5.08. The van der Waals surface area contributed by atoms with Crippen LogP contribution in [0.25, 0.3) is 5.69 Å². The van der Waals surface area contributed by atoms with Gasteiger partial charge in [0, 0.05) is 16.3 Å². The smallest absolute Gasteiger partial charge is 0.343 e. The van der Waals surface area contributed by atoms with Gasteiger partial charge >= 0.3 is 6.18 Å². The molecule has 1 aromatic heterocycles. The number of rotatable bonds is 6. The number of hydrogen-bond acceptors (Lipinski definition) is 3. The van der Waals surface area contributed by atoms with Crippen molar-refractivity contribution >= 4 is 29.1 Å². The number of nitrogens with zero attached hydrogens (tertiary/aromatic N) is 2. The Labute approximate surface area is 193 Å². The number of aryl methyl sites for hydroxylation is 1. The first-order valence-electron chi connectivity index (χ1n) is 10.1. The van der Waals surface area contributed by atoms with Crippen molar-refractivity contribution < 1.29 is 22.8 Å². The summed E-state index contributed by atoms with van der Waals surface area (Å²) >= 11 is 6.09. The van der Waals surface area contributed by atoms with Crippen LogP contribution in [0.15, 0.2) is 48.7 Å². The van der Waals surface area contributed by atoms with E-state index in [1.165, 1.54) is 18.3 Å². The minimum Gasteiger partial charge on any atom is -0.343 e. The van der Waals surface area contributed by atoms with Gasteiger partial charge in [-0.3, -0.25) is 9.59 Å². The van der Waals surface area contributed by atoms with Crippen LogP contribution in [0.4, 0.5) is 18.9 Å². The molecule has 10 heteroatoms. The van der Waals surface area contributed by atoms with Gasteiger partial charge in [0.2, 0.25) is 0 Å². The van der Waals surface area contributed by atoms with Crippen LogP contribution >= 0.6 is 11.6 Å². The van der Waals surface area contributed by atoms with Gasteiger partial charge in [0.25, 0.3) is 11.8 Å². The number of aromatic nitrogens is 2. The monoisotopic (exact) mass is 478 g/mol. The van der Waals surface area contributed by atoms with E-state index in [1.807, 2.05) is 25.2 Å². The number of anilines is 1. The van der Waals surface area contributed by atoms with Crippen LogP contribution in [-0.2, 0) is 0 Å². The Morgan fingerprint density at radius 1 is 1.12 bits per heavy atom. The van der Waals surface area contributed by atoms with Crippen molar-refractivity contribution in [2.75, 3.05) is 11.9 Å². The van der Waals surface area contributed by atoms with Crippen LogP contribution in [0.1, 0.15) is 51.7 Å². The molecule has 2 N–H and O–H groups in total. The van der Waals surface area contributed by atoms with Crippen molar-refractivity contribution in [2.24, 2.45) is 0 Å². The fourth-order valence-electron chi connectivity index (χ4n) is 3.27. The lowest BCUT2D eigenvalue weighted by Gasteiger charge is -2.14. The normalized spacial score (nSPS) is 11.5. The SMILES string of the molecule is Cc1ccc(C(=O)NCC(F)(F)F)cc1NC(=O)c1cnn(-c2cccc(Cl)c2)c1C(C)C. The van der Waals surface area contributed by atoms with E-state index in [2.05, 4.69) is 10.4 Å². The second kappa shape index (κ2) is 9.66. The minimum absolute atomic E-state index is 0.00106. The van der Waals surface area contributed by atoms with Crippen LogP contribution < -0.4 is 10.6 Å². The Bertz CT molecular complexity index is 1190. The molecule has 3 aromatic rings. The summed E-state index contributed by atoms with van der Waals surface area (Å²) in [5.74, 6) is -1.41. The highest BCUT2D eigenvalue weighted by molar-refractivity contribution is 6.30. The summed E-state index contributed by atoms with van der Waals surface area (Å²) in [6.07, 6.45) is -3.07. The zero-order chi connectivity index (χ0) is 24.3. The summed E-state index contributed by atoms with van der Waals surface area (Å²) < 4.78 is 38.8. The van der Waals surface area contributed by atoms with Crippen LogP contribution in [-0.4, -0.2) is 34.3 Å². The number of alkyl halides is 3. The third-order valence-electron chi connectivity index (χ3n) is 4.85. The molecule has 174 valence electrons. The first kappa shape index (κ1) is 24.3. The lowest BCUT2D eigenvalue weighted by Crippen LogP contribution is -2.33. The van der Waals surface area contributed by atoms with E-state index >= 15 is 0 Å². The Balaban J connectivity index is 1.88. The van der Waals surface area contributed by atoms with E-state index in [1.54, 1.807) is 35.9 Å². The average Bonchev–Trinajstić information content (AvgIpc) is 3.19. The number of amides is 2. The molecule has 0 radical (unpaired) electrons. The van der Waals surface area contributed by atoms with Gasteiger partial charge in [-0.1, -0.05) is 37.6 Å². The lowest BCUT2D eigenvalue weighted by atomic mass is 10.0. The van der Waals surface area contributed by atoms with E-state index in [4.69, 9.17) is 11.6 Å². The summed E-state index contributed by atoms with van der Waals surface area (Å²) in [4.78, 5) is 25.2. The van der Waals surface area contributed by atoms with Crippen molar-refractivity contribution in [2.45, 2.75) is 32.9 Å². The van der Waals surface area contributed by atoms with Crippen molar-refractivity contribution in [3.8, 4) is 5.69 Å². The zero-order valence-electron chi connectivity index (χ0n) is 18.1. The second-order valence-electron chi connectivity index (χ2n) is 7.77. The molecule has 0 aliphatic carbocycles. The van der Waals surface area contributed by atoms with Gasteiger partial charge in [0.05, 0.1) is 23.1 Å². The summed E-state index contributed by atoms with van der Waals surface area (Å²) in [5, 5.41) is 9.45. The van der Waals surface area contributed by atoms with Crippen LogP contribution in [0.2, 0.25) is 5.02 Å². The molecule has 6 nitrogen and oxygen atoms in total. The molecule has 0 spiro atoms. The Hall–Kier alpha value is -3.33. The predicted molar refractivity (Wildman–Crippen MR) is 120 cm³/mol. The first-order chi connectivity index (χ1) is 15.5. The Kier molecular flexibility index (Phi) is 7.12. The molecule has 0 saturated carbocycles. The third kappa shape index (κ3) is 5.92. The predicted octanol–water partition coefficient (Wildman–Crippen LogP) is 5.50. The highest BCUT2D eigenvalue weighted by Crippen LogP contribution is 2.26. The molecule has 0 aliphatic heterocycles. The number of hydrogen-bond donors (Lipinski definition) is 2. The van der Waals surface area contributed by atoms with Crippen molar-refractivity contribution in [1.29, 1.82) is 0 Å². The molecule has 0 unspecified atom stereocenters.